The van der Waals surface area contributed by atoms with Gasteiger partial charge in [-0.1, -0.05) is 0 Å². The topological polar surface area (TPSA) is 83.1 Å². The molecule has 0 saturated carbocycles. The monoisotopic (exact) mass is 353 g/mol. The number of methoxy groups -OCH3 is 3. The molecule has 0 bridgehead atoms. The van der Waals surface area contributed by atoms with Crippen molar-refractivity contribution in [2.45, 2.75) is 27.2 Å². The molecule has 0 aromatic heterocycles. The number of esters is 1. The molecule has 7 nitrogen and oxygen atoms in total. The van der Waals surface area contributed by atoms with Crippen LogP contribution in [0.25, 0.3) is 0 Å². The van der Waals surface area contributed by atoms with Crippen molar-refractivity contribution in [3.05, 3.63) is 17.7 Å². The number of nitrogens with one attached hydrogen (secondary N) is 1. The molecule has 1 amide bonds. The van der Waals surface area contributed by atoms with E-state index >= 15 is 0 Å². The van der Waals surface area contributed by atoms with Crippen molar-refractivity contribution in [3.8, 4) is 17.2 Å². The van der Waals surface area contributed by atoms with E-state index in [1.54, 1.807) is 35.0 Å². The molecule has 0 aliphatic carbocycles. The van der Waals surface area contributed by atoms with Gasteiger partial charge in [0, 0.05) is 6.54 Å². The number of amides is 1. The van der Waals surface area contributed by atoms with Crippen molar-refractivity contribution < 1.29 is 28.5 Å². The highest BCUT2D eigenvalue weighted by molar-refractivity contribution is 6.01. The summed E-state index contributed by atoms with van der Waals surface area (Å²) in [7, 11) is 4.63. The Morgan fingerprint density at radius 1 is 1.04 bits per heavy atom. The van der Waals surface area contributed by atoms with Crippen molar-refractivity contribution >= 4 is 11.9 Å². The minimum atomic E-state index is -1.23. The molecule has 7 heteroatoms. The van der Waals surface area contributed by atoms with Gasteiger partial charge in [0.15, 0.2) is 11.5 Å². The van der Waals surface area contributed by atoms with Crippen molar-refractivity contribution in [3.63, 3.8) is 0 Å². The quantitative estimate of drug-likeness (QED) is 0.540. The van der Waals surface area contributed by atoms with E-state index in [1.165, 1.54) is 7.11 Å². The molecule has 0 atom stereocenters. The third-order valence-electron chi connectivity index (χ3n) is 3.78. The van der Waals surface area contributed by atoms with Gasteiger partial charge in [-0.25, -0.2) is 0 Å². The van der Waals surface area contributed by atoms with Gasteiger partial charge in [0.05, 0.1) is 27.9 Å². The van der Waals surface area contributed by atoms with Crippen LogP contribution in [0, 0.1) is 5.41 Å². The van der Waals surface area contributed by atoms with Gasteiger partial charge in [0.1, 0.15) is 5.41 Å². The summed E-state index contributed by atoms with van der Waals surface area (Å²) in [4.78, 5) is 24.1. The van der Waals surface area contributed by atoms with E-state index in [0.29, 0.717) is 30.2 Å². The van der Waals surface area contributed by atoms with Gasteiger partial charge >= 0.3 is 5.97 Å². The van der Waals surface area contributed by atoms with Crippen LogP contribution in [0.3, 0.4) is 0 Å². The lowest BCUT2D eigenvalue weighted by atomic mass is 9.92. The van der Waals surface area contributed by atoms with E-state index in [4.69, 9.17) is 18.9 Å². The number of benzene rings is 1. The summed E-state index contributed by atoms with van der Waals surface area (Å²) in [6.07, 6.45) is 0.543. The molecule has 0 radical (unpaired) electrons. The zero-order valence-corrected chi connectivity index (χ0v) is 15.7. The van der Waals surface area contributed by atoms with Gasteiger partial charge in [-0.15, -0.1) is 0 Å². The predicted octanol–water partition coefficient (Wildman–Crippen LogP) is 1.96. The molecule has 25 heavy (non-hydrogen) atoms. The lowest BCUT2D eigenvalue weighted by Crippen LogP contribution is -2.44. The molecule has 1 aromatic rings. The van der Waals surface area contributed by atoms with Crippen LogP contribution in [-0.2, 0) is 20.7 Å². The average molecular weight is 353 g/mol. The zero-order chi connectivity index (χ0) is 19.0. The summed E-state index contributed by atoms with van der Waals surface area (Å²) in [5.41, 5.74) is -0.325. The van der Waals surface area contributed by atoms with Crippen LogP contribution < -0.4 is 19.5 Å². The molecule has 1 aromatic carbocycles. The highest BCUT2D eigenvalue weighted by Crippen LogP contribution is 2.38. The zero-order valence-electron chi connectivity index (χ0n) is 15.7. The van der Waals surface area contributed by atoms with E-state index in [9.17, 15) is 9.59 Å². The molecule has 0 saturated heterocycles. The fourth-order valence-electron chi connectivity index (χ4n) is 2.23. The maximum Gasteiger partial charge on any atom is 0.321 e. The van der Waals surface area contributed by atoms with Crippen LogP contribution in [-0.4, -0.2) is 46.4 Å². The van der Waals surface area contributed by atoms with Gasteiger partial charge in [0.2, 0.25) is 11.7 Å². The van der Waals surface area contributed by atoms with Crippen LogP contribution in [0.2, 0.25) is 0 Å². The summed E-state index contributed by atoms with van der Waals surface area (Å²) in [6.45, 7) is 5.39. The normalized spacial score (nSPS) is 10.8. The maximum atomic E-state index is 12.2. The Morgan fingerprint density at radius 2 is 1.60 bits per heavy atom. The summed E-state index contributed by atoms with van der Waals surface area (Å²) >= 11 is 0. The van der Waals surface area contributed by atoms with Crippen molar-refractivity contribution in [2.24, 2.45) is 5.41 Å². The number of hydrogen-bond acceptors (Lipinski definition) is 6. The summed E-state index contributed by atoms with van der Waals surface area (Å²) in [5, 5.41) is 2.76. The van der Waals surface area contributed by atoms with Crippen LogP contribution >= 0.6 is 0 Å². The second kappa shape index (κ2) is 9.15. The van der Waals surface area contributed by atoms with Crippen molar-refractivity contribution in [1.29, 1.82) is 0 Å². The van der Waals surface area contributed by atoms with Gasteiger partial charge in [-0.2, -0.15) is 0 Å². The lowest BCUT2D eigenvalue weighted by Gasteiger charge is -2.21. The fraction of sp³-hybridized carbons (Fsp3) is 0.556. The smallest absolute Gasteiger partial charge is 0.321 e. The Hall–Kier alpha value is -2.44. The van der Waals surface area contributed by atoms with E-state index in [1.807, 2.05) is 12.1 Å². The van der Waals surface area contributed by atoms with Crippen LogP contribution in [0.15, 0.2) is 12.1 Å². The second-order valence-corrected chi connectivity index (χ2v) is 5.88. The highest BCUT2D eigenvalue weighted by Gasteiger charge is 2.37. The summed E-state index contributed by atoms with van der Waals surface area (Å²) in [5.74, 6) is 0.699. The number of rotatable bonds is 9. The molecular formula is C18H27NO6. The summed E-state index contributed by atoms with van der Waals surface area (Å²) in [6, 6.07) is 3.65. The third-order valence-corrected chi connectivity index (χ3v) is 3.78. The molecule has 0 aliphatic rings. The predicted molar refractivity (Wildman–Crippen MR) is 93.2 cm³/mol. The Bertz CT molecular complexity index is 587. The number of carbonyl (C=O) groups excluding carboxylic acids is 2. The Kier molecular flexibility index (Phi) is 7.54. The highest BCUT2D eigenvalue weighted by atomic mass is 16.5. The van der Waals surface area contributed by atoms with Gasteiger partial charge in [-0.05, 0) is 44.9 Å². The molecule has 0 aliphatic heterocycles. The van der Waals surface area contributed by atoms with E-state index in [2.05, 4.69) is 5.32 Å². The summed E-state index contributed by atoms with van der Waals surface area (Å²) < 4.78 is 20.8. The van der Waals surface area contributed by atoms with Crippen LogP contribution in [0.1, 0.15) is 26.3 Å². The molecule has 1 N–H and O–H groups in total. The van der Waals surface area contributed by atoms with Crippen molar-refractivity contribution in [2.75, 3.05) is 34.5 Å². The maximum absolute atomic E-state index is 12.2. The lowest BCUT2D eigenvalue weighted by molar-refractivity contribution is -0.158. The van der Waals surface area contributed by atoms with E-state index in [-0.39, 0.29) is 12.5 Å². The van der Waals surface area contributed by atoms with Crippen LogP contribution in [0.4, 0.5) is 0 Å². The molecular weight excluding hydrogens is 326 g/mol. The fourth-order valence-corrected chi connectivity index (χ4v) is 2.23. The van der Waals surface area contributed by atoms with E-state index in [0.717, 1.165) is 5.56 Å². The Balaban J connectivity index is 2.76. The number of carbonyl (C=O) groups is 2. The van der Waals surface area contributed by atoms with Gasteiger partial charge < -0.3 is 24.3 Å². The average Bonchev–Trinajstić information content (AvgIpc) is 2.60. The Labute approximate surface area is 148 Å². The molecule has 0 spiro atoms. The van der Waals surface area contributed by atoms with Gasteiger partial charge in [0.25, 0.3) is 0 Å². The standard InChI is InChI=1S/C18H27NO6/c1-7-25-17(21)18(2,3)16(20)19-9-8-12-10-13(22-4)15(24-6)14(11-12)23-5/h10-11H,7-9H2,1-6H3,(H,19,20). The molecule has 0 fully saturated rings. The van der Waals surface area contributed by atoms with Crippen LogP contribution in [0.5, 0.6) is 17.2 Å². The third kappa shape index (κ3) is 5.01. The number of ether oxygens (including phenoxy) is 4. The van der Waals surface area contributed by atoms with Crippen molar-refractivity contribution in [1.82, 2.24) is 5.32 Å². The minimum absolute atomic E-state index is 0.237. The Morgan fingerprint density at radius 3 is 2.04 bits per heavy atom. The molecule has 140 valence electrons. The molecule has 0 heterocycles. The SMILES string of the molecule is CCOC(=O)C(C)(C)C(=O)NCCc1cc(OC)c(OC)c(OC)c1. The van der Waals surface area contributed by atoms with E-state index < -0.39 is 11.4 Å². The first-order valence-corrected chi connectivity index (χ1v) is 8.06. The first kappa shape index (κ1) is 20.6. The first-order chi connectivity index (χ1) is 11.8. The molecule has 0 unspecified atom stereocenters. The second-order valence-electron chi connectivity index (χ2n) is 5.88. The molecule has 1 rings (SSSR count). The van der Waals surface area contributed by atoms with Gasteiger partial charge in [-0.3, -0.25) is 9.59 Å². The first-order valence-electron chi connectivity index (χ1n) is 8.06. The minimum Gasteiger partial charge on any atom is -0.493 e. The number of hydrogen-bond donors (Lipinski definition) is 1. The largest absolute Gasteiger partial charge is 0.493 e.